The number of aromatic amines is 1. The van der Waals surface area contributed by atoms with Gasteiger partial charge in [0.1, 0.15) is 0 Å². The minimum atomic E-state index is -0.135. The summed E-state index contributed by atoms with van der Waals surface area (Å²) in [6.45, 7) is 3.33. The maximum atomic E-state index is 12.7. The molecule has 0 aliphatic carbocycles. The van der Waals surface area contributed by atoms with Crippen molar-refractivity contribution in [2.24, 2.45) is 0 Å². The monoisotopic (exact) mass is 428 g/mol. The van der Waals surface area contributed by atoms with Crippen molar-refractivity contribution in [2.75, 3.05) is 19.3 Å². The zero-order valence-electron chi connectivity index (χ0n) is 16.6. The van der Waals surface area contributed by atoms with Crippen LogP contribution in [0, 0.1) is 6.92 Å². The Balaban J connectivity index is 1.34. The van der Waals surface area contributed by atoms with Crippen LogP contribution in [0.5, 0.6) is 0 Å². The van der Waals surface area contributed by atoms with Crippen LogP contribution in [-0.2, 0) is 11.2 Å². The minimum Gasteiger partial charge on any atom is -0.343 e. The normalized spacial score (nSPS) is 15.2. The summed E-state index contributed by atoms with van der Waals surface area (Å²) in [5.74, 6) is 0.533. The highest BCUT2D eigenvalue weighted by Gasteiger charge is 2.26. The molecule has 4 rings (SSSR count). The summed E-state index contributed by atoms with van der Waals surface area (Å²) in [6.07, 6.45) is 4.53. The van der Waals surface area contributed by atoms with Crippen molar-refractivity contribution in [1.82, 2.24) is 19.9 Å². The maximum absolute atomic E-state index is 12.7. The van der Waals surface area contributed by atoms with Gasteiger partial charge >= 0.3 is 0 Å². The summed E-state index contributed by atoms with van der Waals surface area (Å²) < 4.78 is 1.22. The third-order valence-electron chi connectivity index (χ3n) is 5.49. The van der Waals surface area contributed by atoms with Gasteiger partial charge in [-0.2, -0.15) is 0 Å². The summed E-state index contributed by atoms with van der Waals surface area (Å²) >= 11 is 3.17. The van der Waals surface area contributed by atoms with Gasteiger partial charge in [0.05, 0.1) is 15.2 Å². The van der Waals surface area contributed by atoms with E-state index < -0.39 is 0 Å². The fourth-order valence-corrected chi connectivity index (χ4v) is 5.37. The molecule has 1 N–H and O–H groups in total. The van der Waals surface area contributed by atoms with Gasteiger partial charge in [0.25, 0.3) is 5.56 Å². The molecule has 8 heteroatoms. The number of piperidine rings is 1. The summed E-state index contributed by atoms with van der Waals surface area (Å²) in [5, 5.41) is 1.79. The number of carbonyl (C=O) groups is 1. The number of hydrogen-bond acceptors (Lipinski definition) is 6. The van der Waals surface area contributed by atoms with Gasteiger partial charge in [0, 0.05) is 36.7 Å². The quantitative estimate of drug-likeness (QED) is 0.495. The number of thioether (sulfide) groups is 1. The lowest BCUT2D eigenvalue weighted by atomic mass is 9.97. The molecule has 152 valence electrons. The van der Waals surface area contributed by atoms with Crippen molar-refractivity contribution < 1.29 is 4.79 Å². The van der Waals surface area contributed by atoms with E-state index in [1.54, 1.807) is 11.3 Å². The molecule has 0 unspecified atom stereocenters. The van der Waals surface area contributed by atoms with E-state index in [1.807, 2.05) is 30.2 Å². The molecule has 0 radical (unpaired) electrons. The average molecular weight is 429 g/mol. The van der Waals surface area contributed by atoms with Crippen LogP contribution in [0.2, 0.25) is 0 Å². The Morgan fingerprint density at radius 3 is 2.72 bits per heavy atom. The number of amides is 1. The molecule has 2 aromatic heterocycles. The van der Waals surface area contributed by atoms with Gasteiger partial charge in [-0.15, -0.1) is 11.3 Å². The van der Waals surface area contributed by atoms with Crippen molar-refractivity contribution in [3.8, 4) is 0 Å². The largest absolute Gasteiger partial charge is 0.343 e. The first-order valence-corrected chi connectivity index (χ1v) is 11.9. The molecule has 1 amide bonds. The molecule has 1 fully saturated rings. The van der Waals surface area contributed by atoms with Gasteiger partial charge in [0.2, 0.25) is 5.91 Å². The molecule has 0 saturated carbocycles. The van der Waals surface area contributed by atoms with Crippen LogP contribution in [0.15, 0.2) is 34.2 Å². The number of H-pyrrole nitrogens is 1. The molecule has 1 saturated heterocycles. The number of carbonyl (C=O) groups excluding carboxylic acids is 1. The van der Waals surface area contributed by atoms with Crippen molar-refractivity contribution in [3.05, 3.63) is 50.9 Å². The summed E-state index contributed by atoms with van der Waals surface area (Å²) in [6, 6.07) is 8.23. The number of benzene rings is 1. The number of fused-ring (bicyclic) bond motifs is 1. The van der Waals surface area contributed by atoms with Crippen molar-refractivity contribution >= 4 is 39.2 Å². The predicted molar refractivity (Wildman–Crippen MR) is 118 cm³/mol. The number of nitrogens with one attached hydrogen (secondary N) is 1. The number of aryl methyl sites for hydroxylation is 1. The van der Waals surface area contributed by atoms with E-state index in [0.717, 1.165) is 31.4 Å². The van der Waals surface area contributed by atoms with E-state index in [1.165, 1.54) is 21.5 Å². The number of hydrogen-bond donors (Lipinski definition) is 1. The zero-order chi connectivity index (χ0) is 20.4. The Hall–Kier alpha value is -2.19. The Kier molecular flexibility index (Phi) is 6.01. The number of para-hydroxylation sites is 1. The number of thiazole rings is 1. The Morgan fingerprint density at radius 1 is 1.28 bits per heavy atom. The second-order valence-electron chi connectivity index (χ2n) is 7.31. The second-order valence-corrected chi connectivity index (χ2v) is 9.17. The lowest BCUT2D eigenvalue weighted by Gasteiger charge is -2.31. The van der Waals surface area contributed by atoms with Crippen molar-refractivity contribution in [1.29, 1.82) is 0 Å². The Labute approximate surface area is 177 Å². The van der Waals surface area contributed by atoms with Crippen LogP contribution in [0.4, 0.5) is 0 Å². The van der Waals surface area contributed by atoms with Crippen molar-refractivity contribution in [2.45, 2.75) is 43.7 Å². The molecule has 6 nitrogen and oxygen atoms in total. The molecular formula is C21H24N4O2S2. The molecule has 3 aromatic rings. The number of likely N-dealkylation sites (tertiary alicyclic amines) is 1. The molecule has 1 aliphatic heterocycles. The second kappa shape index (κ2) is 8.67. The van der Waals surface area contributed by atoms with Crippen LogP contribution in [0.3, 0.4) is 0 Å². The van der Waals surface area contributed by atoms with E-state index in [0.29, 0.717) is 35.2 Å². The molecule has 0 spiro atoms. The minimum absolute atomic E-state index is 0.112. The Morgan fingerprint density at radius 2 is 2.03 bits per heavy atom. The summed E-state index contributed by atoms with van der Waals surface area (Å²) in [5.41, 5.74) is 2.25. The highest BCUT2D eigenvalue weighted by atomic mass is 32.2. The van der Waals surface area contributed by atoms with E-state index in [4.69, 9.17) is 4.98 Å². The molecular weight excluding hydrogens is 404 g/mol. The number of rotatable bonds is 5. The zero-order valence-corrected chi connectivity index (χ0v) is 18.2. The number of nitrogens with zero attached hydrogens (tertiary/aromatic N) is 3. The summed E-state index contributed by atoms with van der Waals surface area (Å²) in [7, 11) is 0. The summed E-state index contributed by atoms with van der Waals surface area (Å²) in [4.78, 5) is 38.8. The van der Waals surface area contributed by atoms with Gasteiger partial charge in [-0.1, -0.05) is 23.9 Å². The van der Waals surface area contributed by atoms with Gasteiger partial charge in [-0.3, -0.25) is 9.59 Å². The lowest BCUT2D eigenvalue weighted by molar-refractivity contribution is -0.132. The van der Waals surface area contributed by atoms with Crippen LogP contribution in [0.1, 0.15) is 41.4 Å². The fourth-order valence-electron chi connectivity index (χ4n) is 3.81. The van der Waals surface area contributed by atoms with Crippen molar-refractivity contribution in [3.63, 3.8) is 0 Å². The van der Waals surface area contributed by atoms with Gasteiger partial charge < -0.3 is 9.88 Å². The first-order chi connectivity index (χ1) is 14.0. The van der Waals surface area contributed by atoms with Crippen LogP contribution < -0.4 is 5.56 Å². The highest BCUT2D eigenvalue weighted by molar-refractivity contribution is 7.98. The highest BCUT2D eigenvalue weighted by Crippen LogP contribution is 2.33. The van der Waals surface area contributed by atoms with Gasteiger partial charge in [-0.05, 0) is 44.6 Å². The van der Waals surface area contributed by atoms with Crippen LogP contribution in [0.25, 0.3) is 10.2 Å². The first kappa shape index (κ1) is 20.1. The van der Waals surface area contributed by atoms with E-state index in [2.05, 4.69) is 22.1 Å². The molecule has 1 aliphatic rings. The number of aromatic nitrogens is 3. The molecule has 29 heavy (non-hydrogen) atoms. The smallest absolute Gasteiger partial charge is 0.254 e. The van der Waals surface area contributed by atoms with Gasteiger partial charge in [-0.25, -0.2) is 9.97 Å². The lowest BCUT2D eigenvalue weighted by Crippen LogP contribution is -2.38. The van der Waals surface area contributed by atoms with Gasteiger partial charge in [0.15, 0.2) is 5.16 Å². The predicted octanol–water partition coefficient (Wildman–Crippen LogP) is 3.75. The molecule has 0 bridgehead atoms. The first-order valence-electron chi connectivity index (χ1n) is 9.82. The standard InChI is InChI=1S/C21H24N4O2S2/c1-13-15(19(27)24-21(22-13)28-2)7-8-18(26)25-11-9-14(10-12-25)20-23-16-5-3-4-6-17(16)29-20/h3-6,14H,7-12H2,1-2H3,(H,22,24,27). The topological polar surface area (TPSA) is 79.0 Å². The SMILES string of the molecule is CSc1nc(C)c(CCC(=O)N2CCC(c3nc4ccccc4s3)CC2)c(=O)[nH]1. The molecule has 3 heterocycles. The Bertz CT molecular complexity index is 1050. The fraction of sp³-hybridized carbons (Fsp3) is 0.429. The maximum Gasteiger partial charge on any atom is 0.254 e. The molecule has 0 atom stereocenters. The average Bonchev–Trinajstić information content (AvgIpc) is 3.17. The van der Waals surface area contributed by atoms with E-state index in [-0.39, 0.29) is 11.5 Å². The third kappa shape index (κ3) is 4.38. The van der Waals surface area contributed by atoms with E-state index in [9.17, 15) is 9.59 Å². The van der Waals surface area contributed by atoms with Crippen LogP contribution >= 0.6 is 23.1 Å². The molecule has 1 aromatic carbocycles. The van der Waals surface area contributed by atoms with E-state index >= 15 is 0 Å². The van der Waals surface area contributed by atoms with Crippen LogP contribution in [-0.4, -0.2) is 45.1 Å². The third-order valence-corrected chi connectivity index (χ3v) is 7.27.